The van der Waals surface area contributed by atoms with Crippen LogP contribution in [-0.4, -0.2) is 34.9 Å². The Kier molecular flexibility index (Phi) is 4.02. The summed E-state index contributed by atoms with van der Waals surface area (Å²) < 4.78 is 4.63. The molecule has 0 radical (unpaired) electrons. The second-order valence-corrected chi connectivity index (χ2v) is 2.74. The molecule has 0 saturated heterocycles. The summed E-state index contributed by atoms with van der Waals surface area (Å²) in [7, 11) is 1.36. The molecular weight excluding hydrogens is 212 g/mol. The predicted molar refractivity (Wildman–Crippen MR) is 56.1 cm³/mol. The molecule has 0 spiro atoms. The second-order valence-electron chi connectivity index (χ2n) is 2.74. The van der Waals surface area contributed by atoms with Gasteiger partial charge in [-0.05, 0) is 6.07 Å². The van der Waals surface area contributed by atoms with Crippen molar-refractivity contribution < 1.29 is 19.4 Å². The van der Waals surface area contributed by atoms with E-state index in [4.69, 9.17) is 9.90 Å². The van der Waals surface area contributed by atoms with Crippen LogP contribution in [0.2, 0.25) is 0 Å². The van der Waals surface area contributed by atoms with Crippen molar-refractivity contribution in [3.05, 3.63) is 30.0 Å². The highest BCUT2D eigenvalue weighted by atomic mass is 16.5. The summed E-state index contributed by atoms with van der Waals surface area (Å²) >= 11 is 0. The van der Waals surface area contributed by atoms with Crippen molar-refractivity contribution in [1.82, 2.24) is 10.2 Å². The maximum absolute atomic E-state index is 11.3. The number of esters is 1. The number of fused-ring (bicyclic) bond motifs is 1. The van der Waals surface area contributed by atoms with Crippen molar-refractivity contribution in [3.8, 4) is 0 Å². The van der Waals surface area contributed by atoms with Crippen LogP contribution in [0.1, 0.15) is 10.4 Å². The number of nitrogens with zero attached hydrogens (tertiary/aromatic N) is 1. The number of hydrogen-bond donors (Lipinski definition) is 2. The van der Waals surface area contributed by atoms with Crippen LogP contribution in [-0.2, 0) is 9.53 Å². The first-order valence-corrected chi connectivity index (χ1v) is 4.32. The highest BCUT2D eigenvalue weighted by Gasteiger charge is 2.10. The summed E-state index contributed by atoms with van der Waals surface area (Å²) in [5.41, 5.74) is 1.23. The van der Waals surface area contributed by atoms with E-state index in [1.54, 1.807) is 18.3 Å². The summed E-state index contributed by atoms with van der Waals surface area (Å²) in [5.74, 6) is -0.352. The average Bonchev–Trinajstić information content (AvgIpc) is 2.76. The third-order valence-electron chi connectivity index (χ3n) is 1.88. The lowest BCUT2D eigenvalue weighted by Crippen LogP contribution is -2.01. The molecule has 0 amide bonds. The number of H-pyrrole nitrogens is 1. The Morgan fingerprint density at radius 1 is 1.56 bits per heavy atom. The van der Waals surface area contributed by atoms with Gasteiger partial charge in [-0.2, -0.15) is 5.10 Å². The third-order valence-corrected chi connectivity index (χ3v) is 1.88. The van der Waals surface area contributed by atoms with Gasteiger partial charge in [-0.15, -0.1) is 0 Å². The number of nitrogens with one attached hydrogen (secondary N) is 1. The van der Waals surface area contributed by atoms with Crippen molar-refractivity contribution >= 4 is 23.3 Å². The zero-order valence-corrected chi connectivity index (χ0v) is 8.51. The number of aromatic amines is 1. The fraction of sp³-hybridized carbons (Fsp3) is 0.100. The van der Waals surface area contributed by atoms with E-state index >= 15 is 0 Å². The lowest BCUT2D eigenvalue weighted by Gasteiger charge is -1.98. The lowest BCUT2D eigenvalue weighted by atomic mass is 10.1. The Labute approximate surface area is 90.8 Å². The van der Waals surface area contributed by atoms with Crippen LogP contribution < -0.4 is 0 Å². The van der Waals surface area contributed by atoms with Crippen LogP contribution in [0.3, 0.4) is 0 Å². The summed E-state index contributed by atoms with van der Waals surface area (Å²) in [4.78, 5) is 19.6. The normalized spacial score (nSPS) is 9.06. The maximum Gasteiger partial charge on any atom is 0.340 e. The van der Waals surface area contributed by atoms with Crippen LogP contribution in [0, 0.1) is 0 Å². The SMILES string of the molecule is COC(=O)c1cccc2cn[nH]c12.O=CO. The fourth-order valence-electron chi connectivity index (χ4n) is 1.25. The molecule has 16 heavy (non-hydrogen) atoms. The quantitative estimate of drug-likeness (QED) is 0.555. The lowest BCUT2D eigenvalue weighted by molar-refractivity contribution is -0.122. The van der Waals surface area contributed by atoms with E-state index in [0.29, 0.717) is 11.1 Å². The first-order valence-electron chi connectivity index (χ1n) is 4.32. The van der Waals surface area contributed by atoms with Crippen molar-refractivity contribution in [2.75, 3.05) is 7.11 Å². The molecule has 1 aromatic heterocycles. The molecule has 1 aromatic carbocycles. The summed E-state index contributed by atoms with van der Waals surface area (Å²) in [5, 5.41) is 14.4. The molecule has 6 heteroatoms. The molecule has 0 atom stereocenters. The Morgan fingerprint density at radius 3 is 2.88 bits per heavy atom. The Bertz CT molecular complexity index is 492. The number of carboxylic acid groups (broad SMARTS) is 1. The number of carbonyl (C=O) groups excluding carboxylic acids is 1. The van der Waals surface area contributed by atoms with Gasteiger partial charge in [0.1, 0.15) is 0 Å². The number of aromatic nitrogens is 2. The first-order chi connectivity index (χ1) is 7.74. The Morgan fingerprint density at radius 2 is 2.25 bits per heavy atom. The van der Waals surface area contributed by atoms with Gasteiger partial charge in [0.05, 0.1) is 24.4 Å². The van der Waals surface area contributed by atoms with Crippen LogP contribution >= 0.6 is 0 Å². The van der Waals surface area contributed by atoms with E-state index in [-0.39, 0.29) is 12.4 Å². The molecule has 1 heterocycles. The van der Waals surface area contributed by atoms with Gasteiger partial charge >= 0.3 is 5.97 Å². The largest absolute Gasteiger partial charge is 0.483 e. The molecule has 0 saturated carbocycles. The summed E-state index contributed by atoms with van der Waals surface area (Å²) in [6.45, 7) is -0.250. The van der Waals surface area contributed by atoms with Crippen LogP contribution in [0.5, 0.6) is 0 Å². The minimum Gasteiger partial charge on any atom is -0.483 e. The van der Waals surface area contributed by atoms with Gasteiger partial charge in [0.2, 0.25) is 0 Å². The zero-order chi connectivity index (χ0) is 12.0. The molecule has 0 aliphatic rings. The standard InChI is InChI=1S/C9H8N2O2.CH2O2/c1-13-9(12)7-4-2-3-6-5-10-11-8(6)7;2-1-3/h2-5H,1H3,(H,10,11);1H,(H,2,3). The summed E-state index contributed by atoms with van der Waals surface area (Å²) in [6, 6.07) is 5.38. The van der Waals surface area contributed by atoms with Gasteiger partial charge in [0.25, 0.3) is 6.47 Å². The topological polar surface area (TPSA) is 92.3 Å². The molecular formula is C10H10N2O4. The van der Waals surface area contributed by atoms with E-state index in [2.05, 4.69) is 14.9 Å². The van der Waals surface area contributed by atoms with Crippen molar-refractivity contribution in [3.63, 3.8) is 0 Å². The van der Waals surface area contributed by atoms with Gasteiger partial charge < -0.3 is 9.84 Å². The Hall–Kier alpha value is -2.37. The van der Waals surface area contributed by atoms with Crippen molar-refractivity contribution in [1.29, 1.82) is 0 Å². The minimum atomic E-state index is -0.352. The first kappa shape index (κ1) is 11.7. The second kappa shape index (κ2) is 5.50. The fourth-order valence-corrected chi connectivity index (χ4v) is 1.25. The molecule has 0 aliphatic carbocycles. The predicted octanol–water partition coefficient (Wildman–Crippen LogP) is 1.05. The molecule has 2 N–H and O–H groups in total. The van der Waals surface area contributed by atoms with Gasteiger partial charge in [-0.25, -0.2) is 4.79 Å². The van der Waals surface area contributed by atoms with E-state index in [9.17, 15) is 4.79 Å². The number of carbonyl (C=O) groups is 2. The van der Waals surface area contributed by atoms with E-state index in [1.807, 2.05) is 6.07 Å². The smallest absolute Gasteiger partial charge is 0.340 e. The molecule has 2 aromatic rings. The van der Waals surface area contributed by atoms with Crippen molar-refractivity contribution in [2.24, 2.45) is 0 Å². The molecule has 2 rings (SSSR count). The third kappa shape index (κ3) is 2.35. The van der Waals surface area contributed by atoms with Crippen LogP contribution in [0.15, 0.2) is 24.4 Å². The van der Waals surface area contributed by atoms with Gasteiger partial charge in [0.15, 0.2) is 0 Å². The van der Waals surface area contributed by atoms with Gasteiger partial charge in [-0.1, -0.05) is 12.1 Å². The van der Waals surface area contributed by atoms with Gasteiger partial charge in [0, 0.05) is 5.39 Å². The molecule has 0 fully saturated rings. The van der Waals surface area contributed by atoms with E-state index in [0.717, 1.165) is 5.39 Å². The number of methoxy groups -OCH3 is 1. The maximum atomic E-state index is 11.3. The van der Waals surface area contributed by atoms with Crippen LogP contribution in [0.25, 0.3) is 10.9 Å². The molecule has 84 valence electrons. The van der Waals surface area contributed by atoms with Gasteiger partial charge in [-0.3, -0.25) is 9.89 Å². The molecule has 0 bridgehead atoms. The highest BCUT2D eigenvalue weighted by molar-refractivity contribution is 6.02. The average molecular weight is 222 g/mol. The van der Waals surface area contributed by atoms with Crippen molar-refractivity contribution in [2.45, 2.75) is 0 Å². The number of hydrogen-bond acceptors (Lipinski definition) is 4. The molecule has 0 unspecified atom stereocenters. The Balaban J connectivity index is 0.000000386. The van der Waals surface area contributed by atoms with Crippen LogP contribution in [0.4, 0.5) is 0 Å². The number of para-hydroxylation sites is 1. The number of benzene rings is 1. The van der Waals surface area contributed by atoms with E-state index < -0.39 is 0 Å². The number of ether oxygens (including phenoxy) is 1. The summed E-state index contributed by atoms with van der Waals surface area (Å²) in [6.07, 6.45) is 1.67. The minimum absolute atomic E-state index is 0.250. The zero-order valence-electron chi connectivity index (χ0n) is 8.51. The van der Waals surface area contributed by atoms with E-state index in [1.165, 1.54) is 7.11 Å². The monoisotopic (exact) mass is 222 g/mol. The molecule has 6 nitrogen and oxygen atoms in total. The molecule has 0 aliphatic heterocycles. The number of rotatable bonds is 1. The highest BCUT2D eigenvalue weighted by Crippen LogP contribution is 2.15.